The predicted octanol–water partition coefficient (Wildman–Crippen LogP) is 2.66. The van der Waals surface area contributed by atoms with E-state index in [4.69, 9.17) is 4.74 Å². The Morgan fingerprint density at radius 1 is 1.08 bits per heavy atom. The van der Waals surface area contributed by atoms with E-state index in [2.05, 4.69) is 5.32 Å². The van der Waals surface area contributed by atoms with Gasteiger partial charge in [-0.1, -0.05) is 42.5 Å². The van der Waals surface area contributed by atoms with Crippen LogP contribution in [0.1, 0.15) is 17.5 Å². The molecule has 0 saturated carbocycles. The van der Waals surface area contributed by atoms with Crippen LogP contribution in [0.5, 0.6) is 0 Å². The van der Waals surface area contributed by atoms with Crippen LogP contribution in [-0.4, -0.2) is 25.0 Å². The third-order valence-electron chi connectivity index (χ3n) is 3.63. The zero-order valence-corrected chi connectivity index (χ0v) is 13.5. The molecule has 0 radical (unpaired) electrons. The topological polar surface area (TPSA) is 55.4 Å². The first-order valence-electron chi connectivity index (χ1n) is 7.74. The molecule has 0 bridgehead atoms. The summed E-state index contributed by atoms with van der Waals surface area (Å²) in [6.07, 6.45) is 1.03. The fourth-order valence-electron chi connectivity index (χ4n) is 2.40. The lowest BCUT2D eigenvalue weighted by Crippen LogP contribution is -2.43. The van der Waals surface area contributed by atoms with Gasteiger partial charge >= 0.3 is 5.97 Å². The molecule has 0 aliphatic heterocycles. The fourth-order valence-corrected chi connectivity index (χ4v) is 2.40. The van der Waals surface area contributed by atoms with Gasteiger partial charge in [0.25, 0.3) is 0 Å². The highest BCUT2D eigenvalue weighted by Gasteiger charge is 2.22. The van der Waals surface area contributed by atoms with E-state index in [0.29, 0.717) is 12.0 Å². The van der Waals surface area contributed by atoms with Gasteiger partial charge in [-0.25, -0.2) is 9.18 Å². The summed E-state index contributed by atoms with van der Waals surface area (Å²) in [5.74, 6) is -1.18. The van der Waals surface area contributed by atoms with E-state index in [1.54, 1.807) is 12.1 Å². The Balaban J connectivity index is 1.95. The van der Waals surface area contributed by atoms with Crippen LogP contribution in [0.2, 0.25) is 0 Å². The molecule has 24 heavy (non-hydrogen) atoms. The van der Waals surface area contributed by atoms with Crippen molar-refractivity contribution in [3.63, 3.8) is 0 Å². The molecule has 2 rings (SSSR count). The van der Waals surface area contributed by atoms with Gasteiger partial charge in [-0.15, -0.1) is 0 Å². The molecular formula is C19H20FNO3. The number of halogens is 1. The summed E-state index contributed by atoms with van der Waals surface area (Å²) in [5, 5.41) is 2.67. The lowest BCUT2D eigenvalue weighted by molar-refractivity contribution is -0.145. The largest absolute Gasteiger partial charge is 0.467 e. The third-order valence-corrected chi connectivity index (χ3v) is 3.63. The lowest BCUT2D eigenvalue weighted by atomic mass is 10.0. The zero-order valence-electron chi connectivity index (χ0n) is 13.5. The van der Waals surface area contributed by atoms with Gasteiger partial charge in [0.2, 0.25) is 5.91 Å². The van der Waals surface area contributed by atoms with Crippen molar-refractivity contribution in [2.75, 3.05) is 7.11 Å². The van der Waals surface area contributed by atoms with Gasteiger partial charge in [-0.3, -0.25) is 4.79 Å². The van der Waals surface area contributed by atoms with Gasteiger partial charge in [-0.2, -0.15) is 0 Å². The van der Waals surface area contributed by atoms with Gasteiger partial charge in [0.05, 0.1) is 7.11 Å². The highest BCUT2D eigenvalue weighted by Crippen LogP contribution is 2.08. The normalized spacial score (nSPS) is 11.6. The van der Waals surface area contributed by atoms with Crippen molar-refractivity contribution in [1.82, 2.24) is 5.32 Å². The highest BCUT2D eigenvalue weighted by atomic mass is 19.1. The molecule has 0 aliphatic carbocycles. The Morgan fingerprint density at radius 3 is 2.46 bits per heavy atom. The summed E-state index contributed by atoms with van der Waals surface area (Å²) in [6.45, 7) is 0. The van der Waals surface area contributed by atoms with E-state index in [9.17, 15) is 14.0 Å². The molecule has 1 amide bonds. The molecule has 0 unspecified atom stereocenters. The first kappa shape index (κ1) is 17.7. The number of benzene rings is 2. The Bertz CT molecular complexity index is 688. The Hall–Kier alpha value is -2.69. The standard InChI is InChI=1S/C19H20FNO3/c1-24-19(23)17(13-15-8-5-9-16(20)12-15)21-18(22)11-10-14-6-3-2-4-7-14/h2-9,12,17H,10-11,13H2,1H3,(H,21,22)/t17-/m0/s1. The molecule has 2 aromatic carbocycles. The summed E-state index contributed by atoms with van der Waals surface area (Å²) in [7, 11) is 1.26. The molecule has 126 valence electrons. The van der Waals surface area contributed by atoms with Crippen LogP contribution in [0, 0.1) is 5.82 Å². The van der Waals surface area contributed by atoms with Crippen molar-refractivity contribution in [2.24, 2.45) is 0 Å². The minimum atomic E-state index is -0.833. The second-order valence-electron chi connectivity index (χ2n) is 5.46. The van der Waals surface area contributed by atoms with Gasteiger partial charge < -0.3 is 10.1 Å². The molecule has 1 atom stereocenters. The van der Waals surface area contributed by atoms with Gasteiger partial charge in [-0.05, 0) is 29.7 Å². The molecule has 0 heterocycles. The molecule has 2 aromatic rings. The molecule has 0 aromatic heterocycles. The van der Waals surface area contributed by atoms with Gasteiger partial charge in [0.1, 0.15) is 11.9 Å². The van der Waals surface area contributed by atoms with E-state index in [1.807, 2.05) is 30.3 Å². The summed E-state index contributed by atoms with van der Waals surface area (Å²) in [5.41, 5.74) is 1.67. The molecule has 0 spiro atoms. The molecule has 0 saturated heterocycles. The molecular weight excluding hydrogens is 309 g/mol. The summed E-state index contributed by atoms with van der Waals surface area (Å²) >= 11 is 0. The van der Waals surface area contributed by atoms with Crippen LogP contribution < -0.4 is 5.32 Å². The number of hydrogen-bond acceptors (Lipinski definition) is 3. The zero-order chi connectivity index (χ0) is 17.4. The second-order valence-corrected chi connectivity index (χ2v) is 5.46. The van der Waals surface area contributed by atoms with Gasteiger partial charge in [0, 0.05) is 12.8 Å². The van der Waals surface area contributed by atoms with E-state index in [-0.39, 0.29) is 24.6 Å². The van der Waals surface area contributed by atoms with Gasteiger partial charge in [0.15, 0.2) is 0 Å². The number of carbonyl (C=O) groups is 2. The Morgan fingerprint density at radius 2 is 1.79 bits per heavy atom. The first-order chi connectivity index (χ1) is 11.6. The van der Waals surface area contributed by atoms with E-state index < -0.39 is 12.0 Å². The molecule has 0 fully saturated rings. The average molecular weight is 329 g/mol. The highest BCUT2D eigenvalue weighted by molar-refractivity contribution is 5.84. The average Bonchev–Trinajstić information content (AvgIpc) is 2.59. The smallest absolute Gasteiger partial charge is 0.328 e. The maximum Gasteiger partial charge on any atom is 0.328 e. The van der Waals surface area contributed by atoms with Crippen molar-refractivity contribution in [1.29, 1.82) is 0 Å². The van der Waals surface area contributed by atoms with Crippen LogP contribution in [-0.2, 0) is 27.2 Å². The SMILES string of the molecule is COC(=O)[C@H](Cc1cccc(F)c1)NC(=O)CCc1ccccc1. The number of aryl methyl sites for hydroxylation is 1. The monoisotopic (exact) mass is 329 g/mol. The number of ether oxygens (including phenoxy) is 1. The predicted molar refractivity (Wildman–Crippen MR) is 88.8 cm³/mol. The quantitative estimate of drug-likeness (QED) is 0.795. The van der Waals surface area contributed by atoms with E-state index in [0.717, 1.165) is 5.56 Å². The second kappa shape index (κ2) is 8.82. The van der Waals surface area contributed by atoms with Crippen molar-refractivity contribution >= 4 is 11.9 Å². The summed E-state index contributed by atoms with van der Waals surface area (Å²) < 4.78 is 18.0. The number of methoxy groups -OCH3 is 1. The lowest BCUT2D eigenvalue weighted by Gasteiger charge is -2.16. The maximum absolute atomic E-state index is 13.3. The molecule has 0 aliphatic rings. The third kappa shape index (κ3) is 5.50. The van der Waals surface area contributed by atoms with Crippen molar-refractivity contribution in [3.8, 4) is 0 Å². The summed E-state index contributed by atoms with van der Waals surface area (Å²) in [6, 6.07) is 14.7. The van der Waals surface area contributed by atoms with Crippen molar-refractivity contribution in [3.05, 3.63) is 71.5 Å². The van der Waals surface area contributed by atoms with Crippen LogP contribution in [0.15, 0.2) is 54.6 Å². The van der Waals surface area contributed by atoms with Crippen LogP contribution in [0.4, 0.5) is 4.39 Å². The fraction of sp³-hybridized carbons (Fsp3) is 0.263. The minimum absolute atomic E-state index is 0.182. The van der Waals surface area contributed by atoms with Crippen LogP contribution in [0.25, 0.3) is 0 Å². The Labute approximate surface area is 140 Å². The molecule has 5 heteroatoms. The van der Waals surface area contributed by atoms with E-state index >= 15 is 0 Å². The Kier molecular flexibility index (Phi) is 6.49. The summed E-state index contributed by atoms with van der Waals surface area (Å²) in [4.78, 5) is 24.0. The first-order valence-corrected chi connectivity index (χ1v) is 7.74. The van der Waals surface area contributed by atoms with Crippen molar-refractivity contribution in [2.45, 2.75) is 25.3 Å². The maximum atomic E-state index is 13.3. The number of esters is 1. The van der Waals surface area contributed by atoms with Crippen LogP contribution >= 0.6 is 0 Å². The van der Waals surface area contributed by atoms with E-state index in [1.165, 1.54) is 19.2 Å². The molecule has 1 N–H and O–H groups in total. The number of amides is 1. The molecule has 4 nitrogen and oxygen atoms in total. The number of hydrogen-bond donors (Lipinski definition) is 1. The number of rotatable bonds is 7. The van der Waals surface area contributed by atoms with Crippen molar-refractivity contribution < 1.29 is 18.7 Å². The minimum Gasteiger partial charge on any atom is -0.467 e. The van der Waals surface area contributed by atoms with Crippen LogP contribution in [0.3, 0.4) is 0 Å². The number of carbonyl (C=O) groups excluding carboxylic acids is 2. The number of nitrogens with one attached hydrogen (secondary N) is 1.